The normalized spacial score (nSPS) is 11.5. The van der Waals surface area contributed by atoms with Gasteiger partial charge in [-0.2, -0.15) is 4.74 Å². The van der Waals surface area contributed by atoms with Crippen molar-refractivity contribution < 1.29 is 4.74 Å². The smallest absolute Gasteiger partial charge is 0.254 e. The Hall–Kier alpha value is -1.51. The zero-order valence-corrected chi connectivity index (χ0v) is 10.3. The minimum Gasteiger partial charge on any atom is -0.618 e. The molecule has 17 heavy (non-hydrogen) atoms. The topological polar surface area (TPSA) is 26.1 Å². The van der Waals surface area contributed by atoms with Gasteiger partial charge in [0.05, 0.1) is 0 Å². The van der Waals surface area contributed by atoms with Crippen LogP contribution in [-0.2, 0) is 0 Å². The van der Waals surface area contributed by atoms with Crippen molar-refractivity contribution in [2.24, 2.45) is 0 Å². The second-order valence-corrected chi connectivity index (χ2v) is 4.25. The molecule has 0 unspecified atom stereocenters. The highest BCUT2D eigenvalue weighted by atomic mass is 35.5. The summed E-state index contributed by atoms with van der Waals surface area (Å²) in [5, 5.41) is 12.6. The van der Waals surface area contributed by atoms with Gasteiger partial charge in [-0.15, -0.1) is 0 Å². The van der Waals surface area contributed by atoms with E-state index in [1.54, 1.807) is 18.2 Å². The molecule has 4 heteroatoms. The Morgan fingerprint density at radius 2 is 1.47 bits per heavy atom. The molecule has 2 nitrogen and oxygen atoms in total. The Labute approximate surface area is 109 Å². The van der Waals surface area contributed by atoms with Crippen molar-refractivity contribution in [1.29, 1.82) is 0 Å². The van der Waals surface area contributed by atoms with Crippen LogP contribution in [0.4, 0.5) is 5.69 Å². The van der Waals surface area contributed by atoms with Gasteiger partial charge >= 0.3 is 0 Å². The first-order valence-electron chi connectivity index (χ1n) is 4.99. The zero-order valence-electron chi connectivity index (χ0n) is 8.81. The van der Waals surface area contributed by atoms with Gasteiger partial charge in [0.2, 0.25) is 0 Å². The van der Waals surface area contributed by atoms with E-state index in [9.17, 15) is 5.21 Å². The Kier molecular flexibility index (Phi) is 3.67. The van der Waals surface area contributed by atoms with E-state index in [4.69, 9.17) is 23.2 Å². The molecule has 2 rings (SSSR count). The zero-order chi connectivity index (χ0) is 12.3. The number of benzene rings is 2. The second-order valence-electron chi connectivity index (χ2n) is 3.44. The van der Waals surface area contributed by atoms with Crippen LogP contribution in [0.3, 0.4) is 0 Å². The Morgan fingerprint density at radius 3 is 2.06 bits per heavy atom. The lowest BCUT2D eigenvalue weighted by atomic mass is 10.2. The molecule has 0 saturated carbocycles. The largest absolute Gasteiger partial charge is 0.618 e. The van der Waals surface area contributed by atoms with Gasteiger partial charge < -0.3 is 5.21 Å². The van der Waals surface area contributed by atoms with Gasteiger partial charge in [-0.1, -0.05) is 47.5 Å². The van der Waals surface area contributed by atoms with Gasteiger partial charge in [0.15, 0.2) is 6.21 Å². The number of hydrogen-bond donors (Lipinski definition) is 0. The standard InChI is InChI=1S/C13H9Cl2NO/c14-11-7-4-8-12(15)13(11)16(17)9-10-5-2-1-3-6-10/h1-9H. The summed E-state index contributed by atoms with van der Waals surface area (Å²) in [5.41, 5.74) is 1.05. The monoisotopic (exact) mass is 265 g/mol. The third kappa shape index (κ3) is 2.78. The maximum Gasteiger partial charge on any atom is 0.254 e. The van der Waals surface area contributed by atoms with E-state index in [1.165, 1.54) is 6.21 Å². The fourth-order valence-electron chi connectivity index (χ4n) is 1.44. The molecule has 2 aromatic carbocycles. The first kappa shape index (κ1) is 12.0. The highest BCUT2D eigenvalue weighted by molar-refractivity contribution is 6.38. The first-order chi connectivity index (χ1) is 8.18. The molecule has 0 saturated heterocycles. The molecule has 2 aromatic rings. The summed E-state index contributed by atoms with van der Waals surface area (Å²) in [5.74, 6) is 0. The number of rotatable bonds is 2. The lowest BCUT2D eigenvalue weighted by molar-refractivity contribution is -0.354. The number of nitrogens with zero attached hydrogens (tertiary/aromatic N) is 1. The molecular formula is C13H9Cl2NO. The van der Waals surface area contributed by atoms with Crippen molar-refractivity contribution in [3.05, 3.63) is 69.3 Å². The molecule has 0 radical (unpaired) electrons. The van der Waals surface area contributed by atoms with Gasteiger partial charge in [0.25, 0.3) is 5.69 Å². The SMILES string of the molecule is [O-][N+](=Cc1ccccc1)c1c(Cl)cccc1Cl. The van der Waals surface area contributed by atoms with Crippen LogP contribution in [0.5, 0.6) is 0 Å². The molecule has 0 N–H and O–H groups in total. The molecular weight excluding hydrogens is 257 g/mol. The summed E-state index contributed by atoms with van der Waals surface area (Å²) in [6.07, 6.45) is 1.44. The van der Waals surface area contributed by atoms with Crippen LogP contribution in [0.25, 0.3) is 0 Å². The maximum absolute atomic E-state index is 11.9. The molecule has 0 aromatic heterocycles. The minimum absolute atomic E-state index is 0.264. The summed E-state index contributed by atoms with van der Waals surface area (Å²) >= 11 is 11.9. The van der Waals surface area contributed by atoms with Gasteiger partial charge in [0, 0.05) is 5.56 Å². The minimum atomic E-state index is 0.264. The summed E-state index contributed by atoms with van der Waals surface area (Å²) in [6.45, 7) is 0. The Balaban J connectivity index is 2.44. The highest BCUT2D eigenvalue weighted by Gasteiger charge is 2.13. The third-order valence-electron chi connectivity index (χ3n) is 2.22. The molecule has 0 aliphatic carbocycles. The molecule has 0 bridgehead atoms. The number of hydrogen-bond acceptors (Lipinski definition) is 1. The lowest BCUT2D eigenvalue weighted by Crippen LogP contribution is -1.99. The lowest BCUT2D eigenvalue weighted by Gasteiger charge is -2.06. The summed E-state index contributed by atoms with van der Waals surface area (Å²) in [4.78, 5) is 0. The molecule has 0 heterocycles. The molecule has 0 fully saturated rings. The summed E-state index contributed by atoms with van der Waals surface area (Å²) in [6, 6.07) is 14.2. The molecule has 0 atom stereocenters. The van der Waals surface area contributed by atoms with E-state index in [2.05, 4.69) is 0 Å². The average Bonchev–Trinajstić information content (AvgIpc) is 2.30. The summed E-state index contributed by atoms with van der Waals surface area (Å²) in [7, 11) is 0. The van der Waals surface area contributed by atoms with E-state index < -0.39 is 0 Å². The number of para-hydroxylation sites is 1. The predicted molar refractivity (Wildman–Crippen MR) is 71.4 cm³/mol. The van der Waals surface area contributed by atoms with Crippen LogP contribution in [0.1, 0.15) is 5.56 Å². The van der Waals surface area contributed by atoms with Crippen molar-refractivity contribution in [2.75, 3.05) is 0 Å². The van der Waals surface area contributed by atoms with E-state index in [0.717, 1.165) is 5.56 Å². The van der Waals surface area contributed by atoms with Crippen LogP contribution in [0.15, 0.2) is 48.5 Å². The van der Waals surface area contributed by atoms with Crippen LogP contribution in [0, 0.1) is 5.21 Å². The van der Waals surface area contributed by atoms with Crippen molar-refractivity contribution in [2.45, 2.75) is 0 Å². The van der Waals surface area contributed by atoms with Crippen LogP contribution >= 0.6 is 23.2 Å². The van der Waals surface area contributed by atoms with E-state index in [1.807, 2.05) is 30.3 Å². The van der Waals surface area contributed by atoms with Crippen LogP contribution < -0.4 is 0 Å². The van der Waals surface area contributed by atoms with Gasteiger partial charge in [-0.05, 0) is 24.3 Å². The Bertz CT molecular complexity index is 532. The molecule has 0 aliphatic rings. The van der Waals surface area contributed by atoms with E-state index >= 15 is 0 Å². The Morgan fingerprint density at radius 1 is 0.882 bits per heavy atom. The average molecular weight is 266 g/mol. The van der Waals surface area contributed by atoms with Crippen molar-refractivity contribution >= 4 is 35.1 Å². The van der Waals surface area contributed by atoms with Gasteiger partial charge in [0.1, 0.15) is 10.0 Å². The number of halogens is 2. The quantitative estimate of drug-likeness (QED) is 0.345. The van der Waals surface area contributed by atoms with Crippen molar-refractivity contribution in [1.82, 2.24) is 0 Å². The van der Waals surface area contributed by atoms with Gasteiger partial charge in [-0.3, -0.25) is 0 Å². The van der Waals surface area contributed by atoms with Gasteiger partial charge in [-0.25, -0.2) is 0 Å². The molecule has 0 aliphatic heterocycles. The first-order valence-corrected chi connectivity index (χ1v) is 5.74. The van der Waals surface area contributed by atoms with Crippen molar-refractivity contribution in [3.63, 3.8) is 0 Å². The summed E-state index contributed by atoms with van der Waals surface area (Å²) < 4.78 is 0.681. The molecule has 0 amide bonds. The third-order valence-corrected chi connectivity index (χ3v) is 2.83. The highest BCUT2D eigenvalue weighted by Crippen LogP contribution is 2.31. The van der Waals surface area contributed by atoms with Crippen LogP contribution in [0.2, 0.25) is 10.0 Å². The van der Waals surface area contributed by atoms with E-state index in [-0.39, 0.29) is 5.69 Å². The van der Waals surface area contributed by atoms with Crippen molar-refractivity contribution in [3.8, 4) is 0 Å². The fraction of sp³-hybridized carbons (Fsp3) is 0. The van der Waals surface area contributed by atoms with Crippen LogP contribution in [-0.4, -0.2) is 11.0 Å². The second kappa shape index (κ2) is 5.21. The fourth-order valence-corrected chi connectivity index (χ4v) is 2.00. The van der Waals surface area contributed by atoms with E-state index in [0.29, 0.717) is 14.8 Å². The predicted octanol–water partition coefficient (Wildman–Crippen LogP) is 4.25. The molecule has 86 valence electrons. The molecule has 0 spiro atoms. The maximum atomic E-state index is 11.9.